The largest absolute Gasteiger partial charge is 0.495 e. The van der Waals surface area contributed by atoms with Crippen LogP contribution >= 0.6 is 12.4 Å². The summed E-state index contributed by atoms with van der Waals surface area (Å²) in [6.45, 7) is 1.63. The van der Waals surface area contributed by atoms with Crippen LogP contribution in [0.5, 0.6) is 5.75 Å². The van der Waals surface area contributed by atoms with E-state index in [0.29, 0.717) is 12.3 Å². The van der Waals surface area contributed by atoms with Gasteiger partial charge in [0, 0.05) is 12.6 Å². The van der Waals surface area contributed by atoms with Crippen LogP contribution in [0, 0.1) is 0 Å². The van der Waals surface area contributed by atoms with Crippen molar-refractivity contribution in [3.63, 3.8) is 0 Å². The van der Waals surface area contributed by atoms with Crippen molar-refractivity contribution >= 4 is 22.4 Å². The molecule has 0 amide bonds. The predicted molar refractivity (Wildman–Crippen MR) is 76.5 cm³/mol. The highest BCUT2D eigenvalue weighted by Gasteiger charge is 2.24. The maximum atomic E-state index is 12.3. The summed E-state index contributed by atoms with van der Waals surface area (Å²) < 4.78 is 32.3. The van der Waals surface area contributed by atoms with Gasteiger partial charge in [-0.05, 0) is 31.5 Å². The van der Waals surface area contributed by atoms with E-state index in [-0.39, 0.29) is 23.3 Å². The highest BCUT2D eigenvalue weighted by molar-refractivity contribution is 7.89. The molecule has 5 nitrogen and oxygen atoms in total. The molecule has 0 radical (unpaired) electrons. The molecule has 7 heteroatoms. The van der Waals surface area contributed by atoms with Crippen LogP contribution in [0.3, 0.4) is 0 Å². The molecule has 19 heavy (non-hydrogen) atoms. The van der Waals surface area contributed by atoms with Gasteiger partial charge in [0.05, 0.1) is 7.11 Å². The molecule has 1 heterocycles. The van der Waals surface area contributed by atoms with Crippen LogP contribution in [0.15, 0.2) is 29.2 Å². The van der Waals surface area contributed by atoms with Crippen LogP contribution in [-0.2, 0) is 10.0 Å². The number of benzene rings is 1. The lowest BCUT2D eigenvalue weighted by Gasteiger charge is -2.24. The molecule has 0 saturated carbocycles. The Morgan fingerprint density at radius 3 is 2.74 bits per heavy atom. The van der Waals surface area contributed by atoms with Crippen LogP contribution < -0.4 is 14.8 Å². The second-order valence-corrected chi connectivity index (χ2v) is 6.00. The molecule has 1 aliphatic heterocycles. The lowest BCUT2D eigenvalue weighted by Crippen LogP contribution is -2.45. The Morgan fingerprint density at radius 1 is 1.37 bits per heavy atom. The summed E-state index contributed by atoms with van der Waals surface area (Å²) in [7, 11) is -2.05. The minimum atomic E-state index is -3.52. The van der Waals surface area contributed by atoms with E-state index in [4.69, 9.17) is 4.74 Å². The van der Waals surface area contributed by atoms with Crippen molar-refractivity contribution in [1.82, 2.24) is 10.0 Å². The van der Waals surface area contributed by atoms with Crippen molar-refractivity contribution < 1.29 is 13.2 Å². The van der Waals surface area contributed by atoms with Crippen LogP contribution in [0.2, 0.25) is 0 Å². The summed E-state index contributed by atoms with van der Waals surface area (Å²) in [6.07, 6.45) is 1.85. The summed E-state index contributed by atoms with van der Waals surface area (Å²) in [5.41, 5.74) is 0. The van der Waals surface area contributed by atoms with Crippen LogP contribution in [0.1, 0.15) is 12.8 Å². The zero-order chi connectivity index (χ0) is 13.0. The van der Waals surface area contributed by atoms with E-state index in [1.807, 2.05) is 0 Å². The molecule has 1 aromatic rings. The second kappa shape index (κ2) is 7.09. The number of ether oxygens (including phenoxy) is 1. The van der Waals surface area contributed by atoms with Gasteiger partial charge in [-0.15, -0.1) is 12.4 Å². The van der Waals surface area contributed by atoms with Gasteiger partial charge in [-0.1, -0.05) is 12.1 Å². The Bertz CT molecular complexity index is 501. The Hall–Kier alpha value is -0.820. The fourth-order valence-electron chi connectivity index (χ4n) is 2.08. The second-order valence-electron chi connectivity index (χ2n) is 4.32. The zero-order valence-electron chi connectivity index (χ0n) is 10.8. The van der Waals surface area contributed by atoms with Gasteiger partial charge < -0.3 is 10.1 Å². The standard InChI is InChI=1S/C12H18N2O3S.ClH/c1-17-11-6-2-3-7-12(11)18(15,16)14-10-5-4-8-13-9-10;/h2-3,6-7,10,13-14H,4-5,8-9H2,1H3;1H. The molecular weight excluding hydrogens is 288 g/mol. The first-order valence-electron chi connectivity index (χ1n) is 5.99. The van der Waals surface area contributed by atoms with E-state index >= 15 is 0 Å². The molecule has 0 spiro atoms. The normalized spacial score (nSPS) is 19.5. The third kappa shape index (κ3) is 4.07. The van der Waals surface area contributed by atoms with E-state index in [2.05, 4.69) is 10.0 Å². The minimum absolute atomic E-state index is 0. The number of hydrogen-bond acceptors (Lipinski definition) is 4. The summed E-state index contributed by atoms with van der Waals surface area (Å²) in [6, 6.07) is 6.59. The lowest BCUT2D eigenvalue weighted by atomic mass is 10.1. The van der Waals surface area contributed by atoms with Crippen molar-refractivity contribution in [2.45, 2.75) is 23.8 Å². The Labute approximate surface area is 120 Å². The predicted octanol–water partition coefficient (Wildman–Crippen LogP) is 1.15. The van der Waals surface area contributed by atoms with Crippen molar-refractivity contribution in [1.29, 1.82) is 0 Å². The third-order valence-corrected chi connectivity index (χ3v) is 4.54. The SMILES string of the molecule is COc1ccccc1S(=O)(=O)NC1CCCNC1.Cl. The van der Waals surface area contributed by atoms with Gasteiger partial charge >= 0.3 is 0 Å². The first kappa shape index (κ1) is 16.2. The van der Waals surface area contributed by atoms with Gasteiger partial charge in [-0.3, -0.25) is 0 Å². The molecule has 1 unspecified atom stereocenters. The average molecular weight is 307 g/mol. The molecule has 2 N–H and O–H groups in total. The van der Waals surface area contributed by atoms with E-state index in [1.165, 1.54) is 7.11 Å². The van der Waals surface area contributed by atoms with Crippen molar-refractivity contribution in [3.05, 3.63) is 24.3 Å². The Balaban J connectivity index is 0.00000180. The first-order chi connectivity index (χ1) is 8.63. The Kier molecular flexibility index (Phi) is 6.06. The molecule has 108 valence electrons. The molecule has 1 aliphatic rings. The number of rotatable bonds is 4. The van der Waals surface area contributed by atoms with Gasteiger partial charge in [0.25, 0.3) is 0 Å². The molecule has 1 atom stereocenters. The summed E-state index contributed by atoms with van der Waals surface area (Å²) >= 11 is 0. The van der Waals surface area contributed by atoms with Gasteiger partial charge in [0.1, 0.15) is 10.6 Å². The number of hydrogen-bond donors (Lipinski definition) is 2. The first-order valence-corrected chi connectivity index (χ1v) is 7.48. The molecule has 2 rings (SSSR count). The highest BCUT2D eigenvalue weighted by atomic mass is 35.5. The van der Waals surface area contributed by atoms with Gasteiger partial charge in [0.15, 0.2) is 0 Å². The monoisotopic (exact) mass is 306 g/mol. The van der Waals surface area contributed by atoms with Gasteiger partial charge in [-0.25, -0.2) is 13.1 Å². The van der Waals surface area contributed by atoms with Crippen LogP contribution in [0.4, 0.5) is 0 Å². The van der Waals surface area contributed by atoms with Crippen molar-refractivity contribution in [3.8, 4) is 5.75 Å². The van der Waals surface area contributed by atoms with Gasteiger partial charge in [0.2, 0.25) is 10.0 Å². The van der Waals surface area contributed by atoms with Crippen molar-refractivity contribution in [2.75, 3.05) is 20.2 Å². The zero-order valence-corrected chi connectivity index (χ0v) is 12.4. The molecule has 1 fully saturated rings. The molecule has 0 aliphatic carbocycles. The topological polar surface area (TPSA) is 67.4 Å². The summed E-state index contributed by atoms with van der Waals surface area (Å²) in [5.74, 6) is 0.369. The van der Waals surface area contributed by atoms with E-state index in [0.717, 1.165) is 19.4 Å². The van der Waals surface area contributed by atoms with E-state index < -0.39 is 10.0 Å². The maximum Gasteiger partial charge on any atom is 0.244 e. The number of nitrogens with one attached hydrogen (secondary N) is 2. The quantitative estimate of drug-likeness (QED) is 0.875. The molecule has 0 bridgehead atoms. The number of piperidine rings is 1. The van der Waals surface area contributed by atoms with Crippen LogP contribution in [-0.4, -0.2) is 34.7 Å². The molecule has 1 aromatic carbocycles. The summed E-state index contributed by atoms with van der Waals surface area (Å²) in [5, 5.41) is 3.18. The number of para-hydroxylation sites is 1. The highest BCUT2D eigenvalue weighted by Crippen LogP contribution is 2.23. The average Bonchev–Trinajstić information content (AvgIpc) is 2.39. The number of methoxy groups -OCH3 is 1. The number of halogens is 1. The fourth-order valence-corrected chi connectivity index (χ4v) is 3.52. The maximum absolute atomic E-state index is 12.3. The van der Waals surface area contributed by atoms with Crippen molar-refractivity contribution in [2.24, 2.45) is 0 Å². The van der Waals surface area contributed by atoms with E-state index in [9.17, 15) is 8.42 Å². The van der Waals surface area contributed by atoms with Crippen LogP contribution in [0.25, 0.3) is 0 Å². The van der Waals surface area contributed by atoms with E-state index in [1.54, 1.807) is 24.3 Å². The fraction of sp³-hybridized carbons (Fsp3) is 0.500. The molecule has 0 aromatic heterocycles. The van der Waals surface area contributed by atoms with Gasteiger partial charge in [-0.2, -0.15) is 0 Å². The number of sulfonamides is 1. The summed E-state index contributed by atoms with van der Waals surface area (Å²) in [4.78, 5) is 0.193. The third-order valence-electron chi connectivity index (χ3n) is 2.98. The molecule has 1 saturated heterocycles. The molecular formula is C12H19ClN2O3S. The Morgan fingerprint density at radius 2 is 2.11 bits per heavy atom. The smallest absolute Gasteiger partial charge is 0.244 e. The minimum Gasteiger partial charge on any atom is -0.495 e. The lowest BCUT2D eigenvalue weighted by molar-refractivity contribution is 0.399.